The van der Waals surface area contributed by atoms with E-state index in [4.69, 9.17) is 0 Å². The van der Waals surface area contributed by atoms with E-state index in [1.807, 2.05) is 24.3 Å². The van der Waals surface area contributed by atoms with Crippen molar-refractivity contribution in [3.05, 3.63) is 103 Å². The lowest BCUT2D eigenvalue weighted by Gasteiger charge is -2.32. The fourth-order valence-corrected chi connectivity index (χ4v) is 8.55. The highest BCUT2D eigenvalue weighted by Gasteiger charge is 2.45. The fraction of sp³-hybridized carbons (Fsp3) is 0. The Bertz CT molecular complexity index is 2240. The monoisotopic (exact) mass is 480 g/mol. The molecule has 0 unspecified atom stereocenters. The van der Waals surface area contributed by atoms with E-state index >= 15 is 0 Å². The Morgan fingerprint density at radius 3 is 2.28 bits per heavy atom. The standard InChI is InChI=1S/C30H17BN2O2S/c34-36(35)25-14-6-4-11-21(25)31-27-20-10-3-5-12-22(20)32-24-17-16-18-8-1-2-9-19(18)29(24)33(30(27)32)23-13-7-15-26(36)28(23)31/h1-17H. The minimum absolute atomic E-state index is 0.158. The van der Waals surface area contributed by atoms with Crippen molar-refractivity contribution in [1.82, 2.24) is 8.97 Å². The van der Waals surface area contributed by atoms with Crippen LogP contribution in [0.2, 0.25) is 0 Å². The van der Waals surface area contributed by atoms with Crippen LogP contribution in [0.1, 0.15) is 0 Å². The first-order chi connectivity index (χ1) is 17.7. The van der Waals surface area contributed by atoms with Crippen molar-refractivity contribution in [2.24, 2.45) is 0 Å². The molecular formula is C30H17BN2O2S. The van der Waals surface area contributed by atoms with Crippen molar-refractivity contribution < 1.29 is 8.42 Å². The summed E-state index contributed by atoms with van der Waals surface area (Å²) in [5, 5.41) is 3.48. The van der Waals surface area contributed by atoms with Gasteiger partial charge in [0.25, 0.3) is 6.71 Å². The van der Waals surface area contributed by atoms with Crippen LogP contribution in [0.4, 0.5) is 0 Å². The van der Waals surface area contributed by atoms with Gasteiger partial charge in [0.2, 0.25) is 9.84 Å². The number of sulfone groups is 1. The Morgan fingerprint density at radius 1 is 0.611 bits per heavy atom. The van der Waals surface area contributed by atoms with Crippen LogP contribution in [-0.2, 0) is 9.84 Å². The lowest BCUT2D eigenvalue weighted by Crippen LogP contribution is -2.60. The van der Waals surface area contributed by atoms with Gasteiger partial charge in [-0.1, -0.05) is 72.8 Å². The Balaban J connectivity index is 1.64. The molecule has 0 radical (unpaired) electrons. The Hall–Kier alpha value is -4.29. The van der Waals surface area contributed by atoms with E-state index in [0.29, 0.717) is 9.79 Å². The number of rotatable bonds is 0. The van der Waals surface area contributed by atoms with Crippen molar-refractivity contribution in [3.8, 4) is 5.69 Å². The van der Waals surface area contributed by atoms with Gasteiger partial charge in [0.15, 0.2) is 0 Å². The highest BCUT2D eigenvalue weighted by atomic mass is 32.2. The van der Waals surface area contributed by atoms with Gasteiger partial charge in [0.1, 0.15) is 5.65 Å². The summed E-state index contributed by atoms with van der Waals surface area (Å²) < 4.78 is 32.5. The zero-order chi connectivity index (χ0) is 23.8. The lowest BCUT2D eigenvalue weighted by molar-refractivity contribution is 0.597. The van der Waals surface area contributed by atoms with Gasteiger partial charge in [0, 0.05) is 11.1 Å². The van der Waals surface area contributed by atoms with Crippen LogP contribution >= 0.6 is 0 Å². The molecule has 0 N–H and O–H groups in total. The van der Waals surface area contributed by atoms with Gasteiger partial charge in [-0.25, -0.2) is 8.42 Å². The van der Waals surface area contributed by atoms with E-state index < -0.39 is 9.84 Å². The average molecular weight is 480 g/mol. The third-order valence-corrected chi connectivity index (χ3v) is 10.00. The van der Waals surface area contributed by atoms with Crippen LogP contribution in [0.3, 0.4) is 0 Å². The molecule has 36 heavy (non-hydrogen) atoms. The van der Waals surface area contributed by atoms with Gasteiger partial charge in [-0.15, -0.1) is 0 Å². The molecular weight excluding hydrogens is 463 g/mol. The molecule has 0 spiro atoms. The summed E-state index contributed by atoms with van der Waals surface area (Å²) in [6, 6.07) is 34.6. The van der Waals surface area contributed by atoms with Crippen LogP contribution < -0.4 is 16.4 Å². The van der Waals surface area contributed by atoms with E-state index in [2.05, 4.69) is 75.7 Å². The van der Waals surface area contributed by atoms with Crippen LogP contribution in [0.25, 0.3) is 44.0 Å². The fourth-order valence-electron chi connectivity index (χ4n) is 6.79. The van der Waals surface area contributed by atoms with Crippen molar-refractivity contribution in [1.29, 1.82) is 0 Å². The average Bonchev–Trinajstić information content (AvgIpc) is 3.44. The smallest absolute Gasteiger partial charge is 0.253 e. The molecule has 0 saturated heterocycles. The van der Waals surface area contributed by atoms with E-state index in [0.717, 1.165) is 55.0 Å². The summed E-state index contributed by atoms with van der Waals surface area (Å²) in [6.45, 7) is -0.158. The van der Waals surface area contributed by atoms with Gasteiger partial charge < -0.3 is 0 Å². The molecule has 2 aromatic heterocycles. The largest absolute Gasteiger partial charge is 0.294 e. The van der Waals surface area contributed by atoms with Crippen LogP contribution in [0.5, 0.6) is 0 Å². The maximum absolute atomic E-state index is 13.9. The molecule has 0 fully saturated rings. The van der Waals surface area contributed by atoms with Gasteiger partial charge in [-0.05, 0) is 57.5 Å². The van der Waals surface area contributed by atoms with Gasteiger partial charge >= 0.3 is 0 Å². The second-order valence-electron chi connectivity index (χ2n) is 9.74. The van der Waals surface area contributed by atoms with Crippen LogP contribution in [0.15, 0.2) is 113 Å². The molecule has 4 nitrogen and oxygen atoms in total. The molecule has 5 aromatic carbocycles. The van der Waals surface area contributed by atoms with Gasteiger partial charge in [-0.3, -0.25) is 8.97 Å². The molecule has 0 saturated carbocycles. The molecule has 168 valence electrons. The molecule has 0 atom stereocenters. The number of para-hydroxylation sites is 1. The number of benzene rings is 5. The van der Waals surface area contributed by atoms with Crippen molar-refractivity contribution in [2.75, 3.05) is 0 Å². The summed E-state index contributed by atoms with van der Waals surface area (Å²) in [5.74, 6) is 0. The molecule has 2 aliphatic rings. The third kappa shape index (κ3) is 1.96. The second kappa shape index (κ2) is 6.09. The van der Waals surface area contributed by atoms with E-state index in [9.17, 15) is 8.42 Å². The zero-order valence-corrected chi connectivity index (χ0v) is 19.8. The first-order valence-corrected chi connectivity index (χ1v) is 13.6. The van der Waals surface area contributed by atoms with Crippen LogP contribution in [0, 0.1) is 0 Å². The van der Waals surface area contributed by atoms with Gasteiger partial charge in [0.05, 0.1) is 26.3 Å². The summed E-state index contributed by atoms with van der Waals surface area (Å²) >= 11 is 0. The number of hydrogen-bond donors (Lipinski definition) is 0. The number of imidazole rings is 1. The van der Waals surface area contributed by atoms with E-state index in [1.54, 1.807) is 12.1 Å². The predicted octanol–water partition coefficient (Wildman–Crippen LogP) is 4.17. The third-order valence-electron chi connectivity index (χ3n) is 8.11. The molecule has 7 aromatic rings. The Kier molecular flexibility index (Phi) is 3.21. The van der Waals surface area contributed by atoms with Crippen LogP contribution in [-0.4, -0.2) is 24.1 Å². The number of nitrogens with zero attached hydrogens (tertiary/aromatic N) is 2. The minimum Gasteiger partial charge on any atom is -0.294 e. The highest BCUT2D eigenvalue weighted by molar-refractivity contribution is 7.92. The topological polar surface area (TPSA) is 43.5 Å². The molecule has 9 rings (SSSR count). The normalized spacial score (nSPS) is 15.1. The first kappa shape index (κ1) is 19.0. The maximum Gasteiger partial charge on any atom is 0.253 e. The SMILES string of the molecule is O=S1(=O)c2ccccc2B2c3c(cccc31)-n1c3c4ccccc4ccc3n3c4ccccc4c2c13. The molecule has 6 heteroatoms. The summed E-state index contributed by atoms with van der Waals surface area (Å²) in [7, 11) is -3.64. The van der Waals surface area contributed by atoms with Crippen molar-refractivity contribution in [2.45, 2.75) is 9.79 Å². The Labute approximate surface area is 207 Å². The van der Waals surface area contributed by atoms with Crippen molar-refractivity contribution >= 4 is 71.3 Å². The maximum atomic E-state index is 13.9. The minimum atomic E-state index is -3.64. The van der Waals surface area contributed by atoms with E-state index in [-0.39, 0.29) is 6.71 Å². The number of aromatic nitrogens is 2. The molecule has 4 heterocycles. The number of fused-ring (bicyclic) bond motifs is 12. The summed E-state index contributed by atoms with van der Waals surface area (Å²) in [4.78, 5) is 0.831. The first-order valence-electron chi connectivity index (χ1n) is 12.1. The predicted molar refractivity (Wildman–Crippen MR) is 146 cm³/mol. The second-order valence-corrected chi connectivity index (χ2v) is 11.6. The summed E-state index contributed by atoms with van der Waals surface area (Å²) in [6.07, 6.45) is 0. The lowest BCUT2D eigenvalue weighted by atomic mass is 9.35. The molecule has 0 aliphatic carbocycles. The van der Waals surface area contributed by atoms with Crippen molar-refractivity contribution in [3.63, 3.8) is 0 Å². The quantitative estimate of drug-likeness (QED) is 0.306. The zero-order valence-electron chi connectivity index (χ0n) is 19.0. The molecule has 2 aliphatic heterocycles. The van der Waals surface area contributed by atoms with Gasteiger partial charge in [-0.2, -0.15) is 0 Å². The van der Waals surface area contributed by atoms with E-state index in [1.165, 1.54) is 5.46 Å². The summed E-state index contributed by atoms with van der Waals surface area (Å²) in [5.41, 5.74) is 8.35. The molecule has 0 amide bonds. The Morgan fingerprint density at radius 2 is 1.36 bits per heavy atom. The molecule has 0 bridgehead atoms. The number of hydrogen-bond acceptors (Lipinski definition) is 2. The highest BCUT2D eigenvalue weighted by Crippen LogP contribution is 2.38.